The Morgan fingerprint density at radius 2 is 2.09 bits per heavy atom. The van der Waals surface area contributed by atoms with Crippen molar-refractivity contribution in [3.05, 3.63) is 35.9 Å². The van der Waals surface area contributed by atoms with Gasteiger partial charge in [-0.3, -0.25) is 4.79 Å². The second-order valence-corrected chi connectivity index (χ2v) is 5.99. The Hall–Kier alpha value is -1.92. The minimum absolute atomic E-state index is 0.282. The number of aliphatic hydroxyl groups is 1. The molecule has 1 fully saturated rings. The summed E-state index contributed by atoms with van der Waals surface area (Å²) in [6.45, 7) is 2.20. The molecule has 1 aliphatic heterocycles. The highest BCUT2D eigenvalue weighted by molar-refractivity contribution is 5.91. The summed E-state index contributed by atoms with van der Waals surface area (Å²) in [5.41, 5.74) is 0.284. The molecule has 0 bridgehead atoms. The summed E-state index contributed by atoms with van der Waals surface area (Å²) >= 11 is 0. The number of amides is 1. The van der Waals surface area contributed by atoms with Gasteiger partial charge in [0.05, 0.1) is 13.2 Å². The van der Waals surface area contributed by atoms with E-state index in [0.717, 1.165) is 18.5 Å². The van der Waals surface area contributed by atoms with Gasteiger partial charge in [0.1, 0.15) is 5.54 Å². The van der Waals surface area contributed by atoms with Crippen LogP contribution in [-0.2, 0) is 20.7 Å². The van der Waals surface area contributed by atoms with E-state index in [2.05, 4.69) is 15.4 Å². The monoisotopic (exact) mass is 320 g/mol. The maximum absolute atomic E-state index is 12.8. The molecular formula is C17H24N2O4. The molecule has 0 spiro atoms. The number of ether oxygens (including phenoxy) is 1. The van der Waals surface area contributed by atoms with E-state index in [1.165, 1.54) is 14.0 Å². The first kappa shape index (κ1) is 17.4. The van der Waals surface area contributed by atoms with Crippen LogP contribution in [0.1, 0.15) is 25.3 Å². The molecule has 0 radical (unpaired) electrons. The van der Waals surface area contributed by atoms with Crippen LogP contribution in [0.25, 0.3) is 0 Å². The fourth-order valence-electron chi connectivity index (χ4n) is 2.96. The molecule has 6 heteroatoms. The summed E-state index contributed by atoms with van der Waals surface area (Å²) in [6.07, 6.45) is 1.08. The van der Waals surface area contributed by atoms with Crippen molar-refractivity contribution in [3.8, 4) is 0 Å². The second kappa shape index (κ2) is 7.57. The minimum Gasteiger partial charge on any atom is -0.467 e. The van der Waals surface area contributed by atoms with Gasteiger partial charge in [0, 0.05) is 0 Å². The Labute approximate surface area is 136 Å². The van der Waals surface area contributed by atoms with Gasteiger partial charge in [0.25, 0.3) is 0 Å². The maximum atomic E-state index is 12.8. The van der Waals surface area contributed by atoms with Crippen LogP contribution in [0.15, 0.2) is 30.3 Å². The number of carbonyl (C=O) groups is 2. The van der Waals surface area contributed by atoms with Crippen LogP contribution in [0.3, 0.4) is 0 Å². The number of rotatable bonds is 6. The van der Waals surface area contributed by atoms with Crippen LogP contribution in [0.4, 0.5) is 0 Å². The Morgan fingerprint density at radius 1 is 1.39 bits per heavy atom. The van der Waals surface area contributed by atoms with Crippen molar-refractivity contribution < 1.29 is 19.4 Å². The zero-order chi connectivity index (χ0) is 16.9. The minimum atomic E-state index is -1.07. The molecule has 1 saturated heterocycles. The summed E-state index contributed by atoms with van der Waals surface area (Å²) in [7, 11) is 1.23. The van der Waals surface area contributed by atoms with Gasteiger partial charge in [-0.1, -0.05) is 30.3 Å². The molecule has 1 aliphatic rings. The van der Waals surface area contributed by atoms with Crippen molar-refractivity contribution in [1.29, 1.82) is 0 Å². The van der Waals surface area contributed by atoms with Crippen molar-refractivity contribution in [2.75, 3.05) is 13.7 Å². The summed E-state index contributed by atoms with van der Waals surface area (Å²) in [4.78, 5) is 24.6. The summed E-state index contributed by atoms with van der Waals surface area (Å²) in [5, 5.41) is 15.7. The van der Waals surface area contributed by atoms with E-state index in [1.54, 1.807) is 0 Å². The van der Waals surface area contributed by atoms with Crippen molar-refractivity contribution >= 4 is 11.9 Å². The topological polar surface area (TPSA) is 87.7 Å². The van der Waals surface area contributed by atoms with E-state index < -0.39 is 23.7 Å². The van der Waals surface area contributed by atoms with E-state index in [4.69, 9.17) is 0 Å². The molecule has 3 atom stereocenters. The van der Waals surface area contributed by atoms with E-state index in [0.29, 0.717) is 12.8 Å². The summed E-state index contributed by atoms with van der Waals surface area (Å²) in [6, 6.07) is 8.68. The molecule has 0 unspecified atom stereocenters. The molecule has 1 aromatic rings. The van der Waals surface area contributed by atoms with E-state index in [9.17, 15) is 14.7 Å². The third kappa shape index (κ3) is 4.09. The predicted octanol–water partition coefficient (Wildman–Crippen LogP) is 0.390. The first-order valence-electron chi connectivity index (χ1n) is 7.84. The molecule has 0 saturated carbocycles. The van der Waals surface area contributed by atoms with Gasteiger partial charge in [0.2, 0.25) is 5.91 Å². The first-order valence-corrected chi connectivity index (χ1v) is 7.84. The zero-order valence-electron chi connectivity index (χ0n) is 13.5. The van der Waals surface area contributed by atoms with Gasteiger partial charge in [-0.15, -0.1) is 0 Å². The largest absolute Gasteiger partial charge is 0.467 e. The average molecular weight is 320 g/mol. The molecule has 1 amide bonds. The molecule has 3 N–H and O–H groups in total. The molecule has 6 nitrogen and oxygen atoms in total. The Bertz CT molecular complexity index is 539. The quantitative estimate of drug-likeness (QED) is 0.660. The van der Waals surface area contributed by atoms with Crippen molar-refractivity contribution in [1.82, 2.24) is 10.6 Å². The lowest BCUT2D eigenvalue weighted by Gasteiger charge is -2.31. The normalized spacial score (nSPS) is 23.1. The first-order chi connectivity index (χ1) is 11.0. The van der Waals surface area contributed by atoms with Crippen molar-refractivity contribution in [2.45, 2.75) is 43.9 Å². The van der Waals surface area contributed by atoms with Gasteiger partial charge in [-0.05, 0) is 38.3 Å². The number of carbonyl (C=O) groups excluding carboxylic acids is 2. The second-order valence-electron chi connectivity index (χ2n) is 5.99. The highest BCUT2D eigenvalue weighted by Gasteiger charge is 2.43. The number of hydrogen-bond donors (Lipinski definition) is 3. The fraction of sp³-hybridized carbons (Fsp3) is 0.529. The molecule has 1 heterocycles. The number of hydrogen-bond acceptors (Lipinski definition) is 5. The molecule has 2 rings (SSSR count). The van der Waals surface area contributed by atoms with Gasteiger partial charge in [-0.2, -0.15) is 0 Å². The molecule has 0 aliphatic carbocycles. The number of esters is 1. The third-order valence-electron chi connectivity index (χ3n) is 4.25. The van der Waals surface area contributed by atoms with Crippen LogP contribution < -0.4 is 10.6 Å². The maximum Gasteiger partial charge on any atom is 0.331 e. The van der Waals surface area contributed by atoms with E-state index in [1.807, 2.05) is 30.3 Å². The SMILES string of the molecule is COC(=O)[C@@H](NC(=O)[C@@]1(Cc2ccccc2)CCCN1)[C@@H](C)O. The lowest BCUT2D eigenvalue weighted by atomic mass is 9.88. The third-order valence-corrected chi connectivity index (χ3v) is 4.25. The summed E-state index contributed by atoms with van der Waals surface area (Å²) in [5.74, 6) is -0.934. The van der Waals surface area contributed by atoms with Crippen LogP contribution in [-0.4, -0.2) is 48.3 Å². The highest BCUT2D eigenvalue weighted by atomic mass is 16.5. The molecule has 126 valence electrons. The molecule has 0 aromatic heterocycles. The highest BCUT2D eigenvalue weighted by Crippen LogP contribution is 2.25. The van der Waals surface area contributed by atoms with Crippen molar-refractivity contribution in [3.63, 3.8) is 0 Å². The standard InChI is InChI=1S/C17H24N2O4/c1-12(20)14(15(21)23-2)19-16(22)17(9-6-10-18-17)11-13-7-4-3-5-8-13/h3-5,7-8,12,14,18,20H,6,9-11H2,1-2H3,(H,19,22)/t12-,14+,17+/m1/s1. The van der Waals surface area contributed by atoms with Crippen LogP contribution in [0.5, 0.6) is 0 Å². The van der Waals surface area contributed by atoms with Crippen LogP contribution >= 0.6 is 0 Å². The number of methoxy groups -OCH3 is 1. The Kier molecular flexibility index (Phi) is 5.74. The van der Waals surface area contributed by atoms with Crippen LogP contribution in [0.2, 0.25) is 0 Å². The lowest BCUT2D eigenvalue weighted by Crippen LogP contribution is -2.60. The number of aliphatic hydroxyl groups excluding tert-OH is 1. The van der Waals surface area contributed by atoms with E-state index in [-0.39, 0.29) is 5.91 Å². The predicted molar refractivity (Wildman–Crippen MR) is 85.7 cm³/mol. The van der Waals surface area contributed by atoms with Gasteiger partial charge in [0.15, 0.2) is 6.04 Å². The smallest absolute Gasteiger partial charge is 0.331 e. The lowest BCUT2D eigenvalue weighted by molar-refractivity contribution is -0.149. The summed E-state index contributed by atoms with van der Waals surface area (Å²) < 4.78 is 4.65. The zero-order valence-corrected chi connectivity index (χ0v) is 13.5. The van der Waals surface area contributed by atoms with Crippen molar-refractivity contribution in [2.24, 2.45) is 0 Å². The number of benzene rings is 1. The van der Waals surface area contributed by atoms with E-state index >= 15 is 0 Å². The van der Waals surface area contributed by atoms with Gasteiger partial charge >= 0.3 is 5.97 Å². The molecule has 1 aromatic carbocycles. The van der Waals surface area contributed by atoms with Gasteiger partial charge in [-0.25, -0.2) is 4.79 Å². The van der Waals surface area contributed by atoms with Crippen LogP contribution in [0, 0.1) is 0 Å². The Morgan fingerprint density at radius 3 is 2.61 bits per heavy atom. The molecular weight excluding hydrogens is 296 g/mol. The number of nitrogens with one attached hydrogen (secondary N) is 2. The Balaban J connectivity index is 2.16. The average Bonchev–Trinajstić information content (AvgIpc) is 3.02. The fourth-order valence-corrected chi connectivity index (χ4v) is 2.96. The molecule has 23 heavy (non-hydrogen) atoms. The van der Waals surface area contributed by atoms with Gasteiger partial charge < -0.3 is 20.5 Å².